The van der Waals surface area contributed by atoms with Crippen LogP contribution in [-0.2, 0) is 16.1 Å². The third kappa shape index (κ3) is 3.62. The second kappa shape index (κ2) is 5.52. The van der Waals surface area contributed by atoms with Gasteiger partial charge in [0.2, 0.25) is 5.91 Å². The molecule has 94 valence electrons. The molecular weight excluding hydrogens is 222 g/mol. The summed E-state index contributed by atoms with van der Waals surface area (Å²) in [4.78, 5) is 22.6. The summed E-state index contributed by atoms with van der Waals surface area (Å²) in [7, 11) is 0. The zero-order valence-electron chi connectivity index (χ0n) is 10.2. The molecule has 0 saturated heterocycles. The quantitative estimate of drug-likeness (QED) is 0.764. The molecule has 17 heavy (non-hydrogen) atoms. The molecule has 0 aliphatic heterocycles. The maximum atomic E-state index is 11.7. The Balaban J connectivity index is 2.56. The van der Waals surface area contributed by atoms with Crippen molar-refractivity contribution in [1.29, 1.82) is 0 Å². The molecule has 0 spiro atoms. The van der Waals surface area contributed by atoms with Crippen molar-refractivity contribution < 1.29 is 19.1 Å². The van der Waals surface area contributed by atoms with E-state index < -0.39 is 17.8 Å². The molecule has 0 fully saturated rings. The number of aryl methyl sites for hydroxylation is 1. The summed E-state index contributed by atoms with van der Waals surface area (Å²) in [6.45, 7) is 5.42. The normalized spacial score (nSPS) is 12.5. The van der Waals surface area contributed by atoms with Gasteiger partial charge >= 0.3 is 5.97 Å². The molecule has 1 heterocycles. The standard InChI is InChI=1S/C12H17NO4/c1-7(2)10(12(15)16)11(14)13-6-9-5-4-8(3)17-9/h4-5,7,10H,6H2,1-3H3,(H,13,14)(H,15,16). The third-order valence-corrected chi connectivity index (χ3v) is 2.45. The molecule has 0 aliphatic carbocycles. The molecule has 1 aromatic rings. The highest BCUT2D eigenvalue weighted by Crippen LogP contribution is 2.12. The monoisotopic (exact) mass is 239 g/mol. The Morgan fingerprint density at radius 1 is 1.41 bits per heavy atom. The zero-order valence-corrected chi connectivity index (χ0v) is 10.2. The fourth-order valence-corrected chi connectivity index (χ4v) is 1.56. The second-order valence-corrected chi connectivity index (χ2v) is 4.29. The number of rotatable bonds is 5. The number of furan rings is 1. The number of hydrogen-bond acceptors (Lipinski definition) is 3. The molecule has 0 saturated carbocycles. The van der Waals surface area contributed by atoms with E-state index in [1.54, 1.807) is 32.9 Å². The van der Waals surface area contributed by atoms with Crippen molar-refractivity contribution >= 4 is 11.9 Å². The number of hydrogen-bond donors (Lipinski definition) is 2. The summed E-state index contributed by atoms with van der Waals surface area (Å²) < 4.78 is 5.27. The van der Waals surface area contributed by atoms with Crippen LogP contribution in [0.4, 0.5) is 0 Å². The van der Waals surface area contributed by atoms with Gasteiger partial charge in [0.15, 0.2) is 0 Å². The molecule has 1 unspecified atom stereocenters. The molecule has 0 radical (unpaired) electrons. The van der Waals surface area contributed by atoms with Gasteiger partial charge in [-0.3, -0.25) is 9.59 Å². The van der Waals surface area contributed by atoms with Crippen LogP contribution in [-0.4, -0.2) is 17.0 Å². The Kier molecular flexibility index (Phi) is 4.31. The van der Waals surface area contributed by atoms with Crippen molar-refractivity contribution in [2.75, 3.05) is 0 Å². The predicted octanol–water partition coefficient (Wildman–Crippen LogP) is 1.56. The number of carbonyl (C=O) groups excluding carboxylic acids is 1. The van der Waals surface area contributed by atoms with Crippen molar-refractivity contribution in [3.8, 4) is 0 Å². The van der Waals surface area contributed by atoms with E-state index in [0.29, 0.717) is 5.76 Å². The molecule has 1 amide bonds. The summed E-state index contributed by atoms with van der Waals surface area (Å²) in [5.74, 6) is -1.48. The van der Waals surface area contributed by atoms with Gasteiger partial charge in [0.1, 0.15) is 17.4 Å². The number of nitrogens with one attached hydrogen (secondary N) is 1. The second-order valence-electron chi connectivity index (χ2n) is 4.29. The molecule has 5 nitrogen and oxygen atoms in total. The van der Waals surface area contributed by atoms with Gasteiger partial charge in [-0.2, -0.15) is 0 Å². The van der Waals surface area contributed by atoms with Gasteiger partial charge in [0.25, 0.3) is 0 Å². The van der Waals surface area contributed by atoms with Crippen LogP contribution in [0.3, 0.4) is 0 Å². The topological polar surface area (TPSA) is 79.5 Å². The summed E-state index contributed by atoms with van der Waals surface area (Å²) in [6, 6.07) is 3.54. The van der Waals surface area contributed by atoms with Crippen molar-refractivity contribution in [3.05, 3.63) is 23.7 Å². The first kappa shape index (κ1) is 13.3. The van der Waals surface area contributed by atoms with Crippen LogP contribution in [0.1, 0.15) is 25.4 Å². The minimum Gasteiger partial charge on any atom is -0.481 e. The number of carboxylic acids is 1. The maximum absolute atomic E-state index is 11.7. The third-order valence-electron chi connectivity index (χ3n) is 2.45. The number of amides is 1. The van der Waals surface area contributed by atoms with Crippen LogP contribution < -0.4 is 5.32 Å². The van der Waals surface area contributed by atoms with E-state index in [0.717, 1.165) is 5.76 Å². The smallest absolute Gasteiger partial charge is 0.316 e. The van der Waals surface area contributed by atoms with E-state index in [4.69, 9.17) is 9.52 Å². The van der Waals surface area contributed by atoms with E-state index in [1.807, 2.05) is 0 Å². The van der Waals surface area contributed by atoms with Gasteiger partial charge in [-0.15, -0.1) is 0 Å². The number of aliphatic carboxylic acids is 1. The summed E-state index contributed by atoms with van der Waals surface area (Å²) in [5, 5.41) is 11.5. The highest BCUT2D eigenvalue weighted by molar-refractivity contribution is 5.97. The Morgan fingerprint density at radius 3 is 2.47 bits per heavy atom. The fourth-order valence-electron chi connectivity index (χ4n) is 1.56. The average Bonchev–Trinajstić information content (AvgIpc) is 2.60. The van der Waals surface area contributed by atoms with Crippen molar-refractivity contribution in [3.63, 3.8) is 0 Å². The van der Waals surface area contributed by atoms with E-state index in [-0.39, 0.29) is 12.5 Å². The number of carboxylic acid groups (broad SMARTS) is 1. The Morgan fingerprint density at radius 2 is 2.06 bits per heavy atom. The maximum Gasteiger partial charge on any atom is 0.316 e. The van der Waals surface area contributed by atoms with Gasteiger partial charge in [0.05, 0.1) is 6.54 Å². The van der Waals surface area contributed by atoms with Crippen molar-refractivity contribution in [2.45, 2.75) is 27.3 Å². The molecule has 0 bridgehead atoms. The first-order valence-electron chi connectivity index (χ1n) is 5.47. The van der Waals surface area contributed by atoms with E-state index >= 15 is 0 Å². The molecule has 1 aromatic heterocycles. The van der Waals surface area contributed by atoms with Crippen LogP contribution in [0.15, 0.2) is 16.5 Å². The lowest BCUT2D eigenvalue weighted by molar-refractivity contribution is -0.148. The summed E-state index contributed by atoms with van der Waals surface area (Å²) >= 11 is 0. The van der Waals surface area contributed by atoms with E-state index in [2.05, 4.69) is 5.32 Å². The SMILES string of the molecule is Cc1ccc(CNC(=O)C(C(=O)O)C(C)C)o1. The highest BCUT2D eigenvalue weighted by atomic mass is 16.4. The fraction of sp³-hybridized carbons (Fsp3) is 0.500. The van der Waals surface area contributed by atoms with Gasteiger partial charge in [-0.1, -0.05) is 13.8 Å². The largest absolute Gasteiger partial charge is 0.481 e. The molecule has 1 atom stereocenters. The van der Waals surface area contributed by atoms with Crippen LogP contribution in [0, 0.1) is 18.8 Å². The average molecular weight is 239 g/mol. The van der Waals surface area contributed by atoms with Gasteiger partial charge in [-0.25, -0.2) is 0 Å². The van der Waals surface area contributed by atoms with E-state index in [9.17, 15) is 9.59 Å². The lowest BCUT2D eigenvalue weighted by Crippen LogP contribution is -2.37. The van der Waals surface area contributed by atoms with Crippen LogP contribution in [0.2, 0.25) is 0 Å². The lowest BCUT2D eigenvalue weighted by Gasteiger charge is -2.15. The molecule has 5 heteroatoms. The van der Waals surface area contributed by atoms with Crippen molar-refractivity contribution in [2.24, 2.45) is 11.8 Å². The summed E-state index contributed by atoms with van der Waals surface area (Å²) in [6.07, 6.45) is 0. The molecule has 1 rings (SSSR count). The number of carbonyl (C=O) groups is 2. The zero-order chi connectivity index (χ0) is 13.0. The Labute approximate surface area is 99.8 Å². The first-order valence-corrected chi connectivity index (χ1v) is 5.47. The molecule has 2 N–H and O–H groups in total. The van der Waals surface area contributed by atoms with Gasteiger partial charge in [-0.05, 0) is 25.0 Å². The Hall–Kier alpha value is -1.78. The minimum absolute atomic E-state index is 0.211. The minimum atomic E-state index is -1.10. The van der Waals surface area contributed by atoms with Gasteiger partial charge < -0.3 is 14.8 Å². The van der Waals surface area contributed by atoms with Gasteiger partial charge in [0, 0.05) is 0 Å². The molecule has 0 aromatic carbocycles. The Bertz CT molecular complexity index is 408. The highest BCUT2D eigenvalue weighted by Gasteiger charge is 2.29. The van der Waals surface area contributed by atoms with E-state index in [1.165, 1.54) is 0 Å². The molecule has 0 aliphatic rings. The van der Waals surface area contributed by atoms with Crippen molar-refractivity contribution in [1.82, 2.24) is 5.32 Å². The van der Waals surface area contributed by atoms with Crippen LogP contribution >= 0.6 is 0 Å². The molecular formula is C12H17NO4. The first-order chi connectivity index (χ1) is 7.91. The lowest BCUT2D eigenvalue weighted by atomic mass is 9.95. The summed E-state index contributed by atoms with van der Waals surface area (Å²) in [5.41, 5.74) is 0. The van der Waals surface area contributed by atoms with Crippen LogP contribution in [0.25, 0.3) is 0 Å². The van der Waals surface area contributed by atoms with Crippen LogP contribution in [0.5, 0.6) is 0 Å². The predicted molar refractivity (Wildman–Crippen MR) is 61.3 cm³/mol.